The van der Waals surface area contributed by atoms with Crippen molar-refractivity contribution in [1.29, 1.82) is 0 Å². The highest BCUT2D eigenvalue weighted by Gasteiger charge is 2.10. The predicted octanol–water partition coefficient (Wildman–Crippen LogP) is 0.853. The van der Waals surface area contributed by atoms with Crippen LogP contribution in [0.1, 0.15) is 6.92 Å². The molecule has 0 spiro atoms. The molecular formula is C11H18N6O. The highest BCUT2D eigenvalue weighted by Crippen LogP contribution is 2.20. The van der Waals surface area contributed by atoms with Crippen molar-refractivity contribution < 1.29 is 4.74 Å². The minimum Gasteiger partial charge on any atom is -0.383 e. The lowest BCUT2D eigenvalue weighted by atomic mass is 10.4. The summed E-state index contributed by atoms with van der Waals surface area (Å²) in [6, 6.07) is 0. The summed E-state index contributed by atoms with van der Waals surface area (Å²) in [6.45, 7) is 4.12. The summed E-state index contributed by atoms with van der Waals surface area (Å²) in [4.78, 5) is 8.87. The van der Waals surface area contributed by atoms with E-state index in [1.165, 1.54) is 0 Å². The first-order valence-corrected chi connectivity index (χ1v) is 5.92. The van der Waals surface area contributed by atoms with Gasteiger partial charge >= 0.3 is 0 Å². The maximum Gasteiger partial charge on any atom is 0.226 e. The molecule has 98 valence electrons. The highest BCUT2D eigenvalue weighted by molar-refractivity contribution is 5.87. The van der Waals surface area contributed by atoms with Crippen LogP contribution in [0.15, 0.2) is 6.20 Å². The molecule has 2 N–H and O–H groups in total. The Kier molecular flexibility index (Phi) is 3.93. The van der Waals surface area contributed by atoms with Gasteiger partial charge in [-0.05, 0) is 6.92 Å². The van der Waals surface area contributed by atoms with E-state index in [9.17, 15) is 0 Å². The molecular weight excluding hydrogens is 232 g/mol. The van der Waals surface area contributed by atoms with Gasteiger partial charge in [0.05, 0.1) is 18.2 Å². The molecule has 2 aromatic rings. The molecule has 7 heteroatoms. The van der Waals surface area contributed by atoms with Gasteiger partial charge in [0, 0.05) is 27.2 Å². The lowest BCUT2D eigenvalue weighted by Gasteiger charge is -2.08. The van der Waals surface area contributed by atoms with Crippen molar-refractivity contribution in [3.63, 3.8) is 0 Å². The van der Waals surface area contributed by atoms with Crippen molar-refractivity contribution in [2.45, 2.75) is 6.92 Å². The van der Waals surface area contributed by atoms with Crippen LogP contribution < -0.4 is 10.6 Å². The van der Waals surface area contributed by atoms with Gasteiger partial charge < -0.3 is 15.4 Å². The van der Waals surface area contributed by atoms with E-state index in [4.69, 9.17) is 4.74 Å². The van der Waals surface area contributed by atoms with Crippen LogP contribution >= 0.6 is 0 Å². The fourth-order valence-corrected chi connectivity index (χ4v) is 1.67. The molecule has 0 aliphatic carbocycles. The Morgan fingerprint density at radius 3 is 2.89 bits per heavy atom. The van der Waals surface area contributed by atoms with Crippen molar-refractivity contribution in [1.82, 2.24) is 19.7 Å². The van der Waals surface area contributed by atoms with Crippen LogP contribution in [-0.2, 0) is 11.8 Å². The van der Waals surface area contributed by atoms with Crippen LogP contribution in [0, 0.1) is 0 Å². The molecule has 0 aliphatic rings. The molecule has 0 saturated carbocycles. The number of methoxy groups -OCH3 is 1. The van der Waals surface area contributed by atoms with Gasteiger partial charge in [-0.2, -0.15) is 15.1 Å². The van der Waals surface area contributed by atoms with Gasteiger partial charge in [-0.15, -0.1) is 0 Å². The van der Waals surface area contributed by atoms with Crippen LogP contribution in [0.25, 0.3) is 11.0 Å². The minimum atomic E-state index is 0.582. The third kappa shape index (κ3) is 2.51. The second-order valence-electron chi connectivity index (χ2n) is 3.85. The van der Waals surface area contributed by atoms with Crippen LogP contribution in [0.3, 0.4) is 0 Å². The van der Waals surface area contributed by atoms with Crippen LogP contribution in [0.4, 0.5) is 11.8 Å². The van der Waals surface area contributed by atoms with Crippen molar-refractivity contribution in [2.75, 3.05) is 37.4 Å². The van der Waals surface area contributed by atoms with Gasteiger partial charge in [0.1, 0.15) is 5.82 Å². The monoisotopic (exact) mass is 250 g/mol. The van der Waals surface area contributed by atoms with Crippen LogP contribution in [-0.4, -0.2) is 46.6 Å². The average Bonchev–Trinajstić information content (AvgIpc) is 2.73. The van der Waals surface area contributed by atoms with E-state index < -0.39 is 0 Å². The Balaban J connectivity index is 2.33. The first kappa shape index (κ1) is 12.6. The highest BCUT2D eigenvalue weighted by atomic mass is 16.5. The van der Waals surface area contributed by atoms with Gasteiger partial charge in [0.2, 0.25) is 5.95 Å². The van der Waals surface area contributed by atoms with Gasteiger partial charge in [-0.25, -0.2) is 0 Å². The fourth-order valence-electron chi connectivity index (χ4n) is 1.67. The molecule has 2 aromatic heterocycles. The van der Waals surface area contributed by atoms with E-state index >= 15 is 0 Å². The first-order valence-electron chi connectivity index (χ1n) is 5.92. The lowest BCUT2D eigenvalue weighted by molar-refractivity contribution is 0.210. The molecule has 2 rings (SSSR count). The summed E-state index contributed by atoms with van der Waals surface area (Å²) in [5.41, 5.74) is 0.806. The maximum absolute atomic E-state index is 4.99. The summed E-state index contributed by atoms with van der Waals surface area (Å²) in [5.74, 6) is 1.38. The fraction of sp³-hybridized carbons (Fsp3) is 0.545. The SMILES string of the molecule is CCNc1nc(NCCOC)nc2c1cnn2C. The number of hydrogen-bond donors (Lipinski definition) is 2. The number of rotatable bonds is 6. The summed E-state index contributed by atoms with van der Waals surface area (Å²) in [6.07, 6.45) is 1.77. The molecule has 0 radical (unpaired) electrons. The topological polar surface area (TPSA) is 76.9 Å². The molecule has 0 aliphatic heterocycles. The Morgan fingerprint density at radius 2 is 2.17 bits per heavy atom. The minimum absolute atomic E-state index is 0.582. The quantitative estimate of drug-likeness (QED) is 0.740. The number of anilines is 2. The van der Waals surface area contributed by atoms with Crippen LogP contribution in [0.2, 0.25) is 0 Å². The average molecular weight is 250 g/mol. The Bertz CT molecular complexity index is 523. The number of aromatic nitrogens is 4. The van der Waals surface area contributed by atoms with E-state index in [1.807, 2.05) is 14.0 Å². The molecule has 0 saturated heterocycles. The number of nitrogens with one attached hydrogen (secondary N) is 2. The normalized spacial score (nSPS) is 10.8. The summed E-state index contributed by atoms with van der Waals surface area (Å²) < 4.78 is 6.72. The van der Waals surface area contributed by atoms with E-state index in [0.717, 1.165) is 23.4 Å². The smallest absolute Gasteiger partial charge is 0.226 e. The van der Waals surface area contributed by atoms with Crippen molar-refractivity contribution >= 4 is 22.8 Å². The van der Waals surface area contributed by atoms with E-state index in [2.05, 4.69) is 25.7 Å². The molecule has 0 bridgehead atoms. The summed E-state index contributed by atoms with van der Waals surface area (Å²) in [5, 5.41) is 11.5. The number of aryl methyl sites for hydroxylation is 1. The van der Waals surface area contributed by atoms with Crippen molar-refractivity contribution in [2.24, 2.45) is 7.05 Å². The first-order chi connectivity index (χ1) is 8.76. The Hall–Kier alpha value is -1.89. The zero-order chi connectivity index (χ0) is 13.0. The summed E-state index contributed by atoms with van der Waals surface area (Å²) >= 11 is 0. The molecule has 0 aromatic carbocycles. The molecule has 0 fully saturated rings. The third-order valence-electron chi connectivity index (χ3n) is 2.53. The third-order valence-corrected chi connectivity index (χ3v) is 2.53. The van der Waals surface area contributed by atoms with E-state index in [-0.39, 0.29) is 0 Å². The Morgan fingerprint density at radius 1 is 1.33 bits per heavy atom. The zero-order valence-corrected chi connectivity index (χ0v) is 10.9. The molecule has 7 nitrogen and oxygen atoms in total. The lowest BCUT2D eigenvalue weighted by Crippen LogP contribution is -2.12. The van der Waals surface area contributed by atoms with Crippen molar-refractivity contribution in [3.8, 4) is 0 Å². The Labute approximate surface area is 106 Å². The standard InChI is InChI=1S/C11H18N6O/c1-4-12-9-8-7-14-17(2)10(8)16-11(15-9)13-5-6-18-3/h7H,4-6H2,1-3H3,(H2,12,13,15,16). The van der Waals surface area contributed by atoms with Gasteiger partial charge in [-0.1, -0.05) is 0 Å². The maximum atomic E-state index is 4.99. The number of ether oxygens (including phenoxy) is 1. The van der Waals surface area contributed by atoms with E-state index in [1.54, 1.807) is 18.0 Å². The molecule has 0 amide bonds. The largest absolute Gasteiger partial charge is 0.383 e. The second kappa shape index (κ2) is 5.63. The molecule has 0 atom stereocenters. The van der Waals surface area contributed by atoms with Crippen LogP contribution in [0.5, 0.6) is 0 Å². The molecule has 0 unspecified atom stereocenters. The number of nitrogens with zero attached hydrogens (tertiary/aromatic N) is 4. The second-order valence-corrected chi connectivity index (χ2v) is 3.85. The van der Waals surface area contributed by atoms with E-state index in [0.29, 0.717) is 19.1 Å². The number of hydrogen-bond acceptors (Lipinski definition) is 6. The number of fused-ring (bicyclic) bond motifs is 1. The predicted molar refractivity (Wildman–Crippen MR) is 70.8 cm³/mol. The van der Waals surface area contributed by atoms with Gasteiger partial charge in [-0.3, -0.25) is 4.68 Å². The van der Waals surface area contributed by atoms with Gasteiger partial charge in [0.25, 0.3) is 0 Å². The summed E-state index contributed by atoms with van der Waals surface area (Å²) in [7, 11) is 3.53. The van der Waals surface area contributed by atoms with Crippen molar-refractivity contribution in [3.05, 3.63) is 6.20 Å². The zero-order valence-electron chi connectivity index (χ0n) is 10.9. The van der Waals surface area contributed by atoms with Gasteiger partial charge in [0.15, 0.2) is 5.65 Å². The molecule has 2 heterocycles. The molecule has 18 heavy (non-hydrogen) atoms.